The molecule has 0 saturated heterocycles. The van der Waals surface area contributed by atoms with Crippen molar-refractivity contribution in [2.75, 3.05) is 40.9 Å². The number of phosphoric acid groups is 1. The molecule has 0 saturated carbocycles. The van der Waals surface area contributed by atoms with E-state index in [1.165, 1.54) is 148 Å². The van der Waals surface area contributed by atoms with Crippen molar-refractivity contribution in [2.45, 2.75) is 225 Å². The van der Waals surface area contributed by atoms with Gasteiger partial charge in [0.25, 0.3) is 0 Å². The summed E-state index contributed by atoms with van der Waals surface area (Å²) in [4.78, 5) is 22.9. The Hall–Kier alpha value is -1.28. The van der Waals surface area contributed by atoms with Gasteiger partial charge in [0.05, 0.1) is 39.9 Å². The Morgan fingerprint density at radius 2 is 0.965 bits per heavy atom. The lowest BCUT2D eigenvalue weighted by Gasteiger charge is -2.25. The molecule has 0 aromatic heterocycles. The summed E-state index contributed by atoms with van der Waals surface area (Å²) in [7, 11) is 1.55. The first-order valence-corrected chi connectivity index (χ1v) is 25.4. The van der Waals surface area contributed by atoms with E-state index in [0.717, 1.165) is 44.9 Å². The van der Waals surface area contributed by atoms with Crippen molar-refractivity contribution >= 4 is 13.7 Å². The van der Waals surface area contributed by atoms with Gasteiger partial charge in [-0.3, -0.25) is 13.8 Å². The number of hydrogen-bond donors (Lipinski definition) is 3. The Morgan fingerprint density at radius 1 is 0.579 bits per heavy atom. The van der Waals surface area contributed by atoms with Crippen LogP contribution in [-0.2, 0) is 18.4 Å². The normalized spacial score (nSPS) is 14.6. The van der Waals surface area contributed by atoms with Crippen molar-refractivity contribution < 1.29 is 32.9 Å². The van der Waals surface area contributed by atoms with Crippen LogP contribution < -0.4 is 5.32 Å². The molecule has 0 rings (SSSR count). The third-order valence-electron chi connectivity index (χ3n) is 10.6. The molecule has 0 aliphatic carbocycles. The second kappa shape index (κ2) is 40.1. The molecule has 3 unspecified atom stereocenters. The highest BCUT2D eigenvalue weighted by atomic mass is 31.2. The van der Waals surface area contributed by atoms with E-state index in [0.29, 0.717) is 17.4 Å². The molecule has 9 heteroatoms. The first-order valence-electron chi connectivity index (χ1n) is 23.9. The Bertz CT molecular complexity index is 1030. The fraction of sp³-hybridized carbons (Fsp3) is 0.854. The lowest BCUT2D eigenvalue weighted by atomic mass is 10.0. The third-order valence-corrected chi connectivity index (χ3v) is 11.6. The fourth-order valence-corrected chi connectivity index (χ4v) is 7.51. The highest BCUT2D eigenvalue weighted by Gasteiger charge is 2.27. The quantitative estimate of drug-likeness (QED) is 0.0245. The van der Waals surface area contributed by atoms with Crippen LogP contribution in [0, 0.1) is 0 Å². The van der Waals surface area contributed by atoms with Gasteiger partial charge in [-0.25, -0.2) is 4.57 Å². The largest absolute Gasteiger partial charge is 0.472 e. The van der Waals surface area contributed by atoms with Gasteiger partial charge < -0.3 is 19.8 Å². The number of likely N-dealkylation sites (N-methyl/N-ethyl adjacent to an activating group) is 1. The molecule has 0 aromatic rings. The monoisotopic (exact) mass is 826 g/mol. The van der Waals surface area contributed by atoms with E-state index in [1.54, 1.807) is 6.08 Å². The molecule has 3 N–H and O–H groups in total. The van der Waals surface area contributed by atoms with Crippen LogP contribution in [0.5, 0.6) is 0 Å². The SMILES string of the molecule is CCCCCCCCCCCCCCCCCCCC/C=C/CC/C=C/CC/C=C/C(O)C(COP(=O)(O)OCC[N+](C)(C)C)NC(=O)CCCCCCCCC. The number of rotatable bonds is 43. The zero-order valence-corrected chi connectivity index (χ0v) is 39.0. The number of phosphoric ester groups is 1. The molecule has 0 aliphatic rings. The second-order valence-electron chi connectivity index (χ2n) is 17.5. The summed E-state index contributed by atoms with van der Waals surface area (Å²) in [5, 5.41) is 13.7. The summed E-state index contributed by atoms with van der Waals surface area (Å²) < 4.78 is 23.4. The summed E-state index contributed by atoms with van der Waals surface area (Å²) >= 11 is 0. The van der Waals surface area contributed by atoms with Crippen molar-refractivity contribution in [1.29, 1.82) is 0 Å². The molecule has 0 fully saturated rings. The van der Waals surface area contributed by atoms with Gasteiger partial charge in [-0.15, -0.1) is 0 Å². The van der Waals surface area contributed by atoms with Crippen LogP contribution in [0.15, 0.2) is 36.5 Å². The first-order chi connectivity index (χ1) is 27.5. The highest BCUT2D eigenvalue weighted by Crippen LogP contribution is 2.43. The molecule has 0 aromatic carbocycles. The van der Waals surface area contributed by atoms with E-state index < -0.39 is 20.0 Å². The van der Waals surface area contributed by atoms with Gasteiger partial charge in [-0.05, 0) is 44.9 Å². The summed E-state index contributed by atoms with van der Waals surface area (Å²) in [6.45, 7) is 4.74. The van der Waals surface area contributed by atoms with E-state index in [9.17, 15) is 19.4 Å². The number of amides is 1. The van der Waals surface area contributed by atoms with E-state index in [-0.39, 0.29) is 19.1 Å². The van der Waals surface area contributed by atoms with Crippen LogP contribution >= 0.6 is 7.82 Å². The van der Waals surface area contributed by atoms with E-state index in [4.69, 9.17) is 9.05 Å². The van der Waals surface area contributed by atoms with Crippen molar-refractivity contribution in [3.05, 3.63) is 36.5 Å². The third kappa shape index (κ3) is 42.6. The maximum absolute atomic E-state index is 12.7. The number of allylic oxidation sites excluding steroid dienone is 5. The number of nitrogens with zero attached hydrogens (tertiary/aromatic N) is 1. The van der Waals surface area contributed by atoms with Crippen LogP contribution in [0.25, 0.3) is 0 Å². The topological polar surface area (TPSA) is 105 Å². The average Bonchev–Trinajstić information content (AvgIpc) is 3.16. The Morgan fingerprint density at radius 3 is 1.40 bits per heavy atom. The first kappa shape index (κ1) is 55.7. The minimum atomic E-state index is -4.34. The van der Waals surface area contributed by atoms with Crippen LogP contribution in [0.4, 0.5) is 0 Å². The van der Waals surface area contributed by atoms with Gasteiger partial charge in [0.1, 0.15) is 13.2 Å². The van der Waals surface area contributed by atoms with Gasteiger partial charge >= 0.3 is 7.82 Å². The van der Waals surface area contributed by atoms with Gasteiger partial charge in [0, 0.05) is 6.42 Å². The second-order valence-corrected chi connectivity index (χ2v) is 18.9. The van der Waals surface area contributed by atoms with E-state index >= 15 is 0 Å². The number of carbonyl (C=O) groups excluding carboxylic acids is 1. The minimum absolute atomic E-state index is 0.0540. The molecule has 8 nitrogen and oxygen atoms in total. The molecular formula is C48H94N2O6P+. The summed E-state index contributed by atoms with van der Waals surface area (Å²) in [6.07, 6.45) is 49.8. The summed E-state index contributed by atoms with van der Waals surface area (Å²) in [6, 6.07) is -0.864. The van der Waals surface area contributed by atoms with E-state index in [1.807, 2.05) is 27.2 Å². The molecule has 0 spiro atoms. The smallest absolute Gasteiger partial charge is 0.387 e. The molecule has 57 heavy (non-hydrogen) atoms. The van der Waals surface area contributed by atoms with Gasteiger partial charge in [0.2, 0.25) is 5.91 Å². The molecule has 1 amide bonds. The van der Waals surface area contributed by atoms with Crippen LogP contribution in [0.2, 0.25) is 0 Å². The van der Waals surface area contributed by atoms with Gasteiger partial charge in [0.15, 0.2) is 0 Å². The Balaban J connectivity index is 4.17. The van der Waals surface area contributed by atoms with Crippen molar-refractivity contribution in [1.82, 2.24) is 5.32 Å². The molecule has 3 atom stereocenters. The molecule has 0 radical (unpaired) electrons. The van der Waals surface area contributed by atoms with Gasteiger partial charge in [-0.2, -0.15) is 0 Å². The number of quaternary nitrogens is 1. The lowest BCUT2D eigenvalue weighted by molar-refractivity contribution is -0.870. The fourth-order valence-electron chi connectivity index (χ4n) is 6.78. The Labute approximate surface area is 353 Å². The van der Waals surface area contributed by atoms with Crippen molar-refractivity contribution in [2.24, 2.45) is 0 Å². The predicted octanol–water partition coefficient (Wildman–Crippen LogP) is 13.5. The maximum Gasteiger partial charge on any atom is 0.472 e. The van der Waals surface area contributed by atoms with Gasteiger partial charge in [-0.1, -0.05) is 198 Å². The van der Waals surface area contributed by atoms with Crippen LogP contribution in [0.3, 0.4) is 0 Å². The number of aliphatic hydroxyl groups excluding tert-OH is 1. The van der Waals surface area contributed by atoms with Crippen LogP contribution in [-0.4, -0.2) is 73.4 Å². The maximum atomic E-state index is 12.7. The average molecular weight is 826 g/mol. The summed E-state index contributed by atoms with van der Waals surface area (Å²) in [5.41, 5.74) is 0. The highest BCUT2D eigenvalue weighted by molar-refractivity contribution is 7.47. The summed E-state index contributed by atoms with van der Waals surface area (Å²) in [5.74, 6) is -0.198. The molecule has 0 aliphatic heterocycles. The predicted molar refractivity (Wildman–Crippen MR) is 244 cm³/mol. The lowest BCUT2D eigenvalue weighted by Crippen LogP contribution is -2.45. The van der Waals surface area contributed by atoms with Crippen LogP contribution in [0.1, 0.15) is 213 Å². The number of carbonyl (C=O) groups is 1. The standard InChI is InChI=1S/C48H93N2O6P/c1-6-8-10-12-14-15-16-17-18-19-20-21-22-23-24-25-26-27-28-29-30-31-32-33-34-36-37-39-41-47(51)46(45-56-57(53,54)55-44-43-50(3,4)5)49-48(52)42-40-38-35-13-11-9-7-2/h29-30,33-34,39,41,46-47,51H,6-28,31-32,35-38,40,42-45H2,1-5H3,(H-,49,52,53,54)/p+1/b30-29+,34-33+,41-39+. The molecular weight excluding hydrogens is 732 g/mol. The number of nitrogens with one attached hydrogen (secondary N) is 1. The van der Waals surface area contributed by atoms with E-state index in [2.05, 4.69) is 43.5 Å². The molecule has 0 bridgehead atoms. The minimum Gasteiger partial charge on any atom is -0.387 e. The number of aliphatic hydroxyl groups is 1. The van der Waals surface area contributed by atoms with Crippen molar-refractivity contribution in [3.8, 4) is 0 Å². The number of unbranched alkanes of at least 4 members (excludes halogenated alkanes) is 26. The zero-order chi connectivity index (χ0) is 42.1. The number of hydrogen-bond acceptors (Lipinski definition) is 5. The Kier molecular flexibility index (Phi) is 39.2. The molecule has 336 valence electrons. The zero-order valence-electron chi connectivity index (χ0n) is 38.1. The molecule has 0 heterocycles. The van der Waals surface area contributed by atoms with Crippen molar-refractivity contribution in [3.63, 3.8) is 0 Å².